The molecule has 2 aromatic rings. The van der Waals surface area contributed by atoms with Gasteiger partial charge < -0.3 is 10.0 Å². The fraction of sp³-hybridized carbons (Fsp3) is 0.412. The monoisotopic (exact) mass is 360 g/mol. The Hall–Kier alpha value is -3.10. The van der Waals surface area contributed by atoms with Gasteiger partial charge in [-0.05, 0) is 32.8 Å². The summed E-state index contributed by atoms with van der Waals surface area (Å²) in [4.78, 5) is 37.1. The molecule has 0 aliphatic carbocycles. The third-order valence-electron chi connectivity index (χ3n) is 4.39. The van der Waals surface area contributed by atoms with Gasteiger partial charge in [-0.3, -0.25) is 24.0 Å². The first-order chi connectivity index (χ1) is 12.1. The Morgan fingerprint density at radius 3 is 2.62 bits per heavy atom. The van der Waals surface area contributed by atoms with Crippen molar-refractivity contribution in [3.05, 3.63) is 50.6 Å². The molecular weight excluding hydrogens is 340 g/mol. The highest BCUT2D eigenvalue weighted by Crippen LogP contribution is 2.32. The number of nitro benzene ring substituents is 1. The maximum absolute atomic E-state index is 12.7. The van der Waals surface area contributed by atoms with E-state index in [4.69, 9.17) is 0 Å². The summed E-state index contributed by atoms with van der Waals surface area (Å²) in [5.74, 6) is -0.579. The summed E-state index contributed by atoms with van der Waals surface area (Å²) in [5.41, 5.74) is 0.151. The lowest BCUT2D eigenvalue weighted by Crippen LogP contribution is -2.38. The first kappa shape index (κ1) is 17.7. The van der Waals surface area contributed by atoms with E-state index in [1.165, 1.54) is 27.8 Å². The van der Waals surface area contributed by atoms with Crippen LogP contribution in [0.4, 0.5) is 11.4 Å². The fourth-order valence-electron chi connectivity index (χ4n) is 3.19. The van der Waals surface area contributed by atoms with Crippen LogP contribution in [-0.4, -0.2) is 31.6 Å². The molecular formula is C17H20N4O5. The zero-order chi connectivity index (χ0) is 19.2. The third kappa shape index (κ3) is 2.96. The Labute approximate surface area is 149 Å². The molecule has 3 rings (SSSR count). The number of rotatable bonds is 3. The molecule has 0 saturated heterocycles. The summed E-state index contributed by atoms with van der Waals surface area (Å²) >= 11 is 0. The van der Waals surface area contributed by atoms with Gasteiger partial charge in [0.05, 0.1) is 16.8 Å². The minimum Gasteiger partial charge on any atom is -0.493 e. The number of hydrogen-bond donors (Lipinski definition) is 1. The average molecular weight is 360 g/mol. The molecule has 0 atom stereocenters. The van der Waals surface area contributed by atoms with Gasteiger partial charge in [0.2, 0.25) is 11.8 Å². The van der Waals surface area contributed by atoms with Crippen molar-refractivity contribution in [2.24, 2.45) is 0 Å². The molecule has 138 valence electrons. The van der Waals surface area contributed by atoms with Crippen LogP contribution < -0.4 is 10.6 Å². The molecule has 0 spiro atoms. The van der Waals surface area contributed by atoms with Gasteiger partial charge in [-0.2, -0.15) is 0 Å². The SMILES string of the molecule is CC(C)(C)n1c(O)cn(CC(=O)N2CCc3ccc([N+](=O)[O-])cc32)c1=O. The molecule has 0 fully saturated rings. The summed E-state index contributed by atoms with van der Waals surface area (Å²) in [6.45, 7) is 5.47. The molecule has 1 amide bonds. The second-order valence-electron chi connectivity index (χ2n) is 7.27. The molecule has 9 heteroatoms. The zero-order valence-corrected chi connectivity index (χ0v) is 14.8. The quantitative estimate of drug-likeness (QED) is 0.660. The molecule has 1 aliphatic rings. The van der Waals surface area contributed by atoms with Crippen molar-refractivity contribution < 1.29 is 14.8 Å². The van der Waals surface area contributed by atoms with E-state index in [9.17, 15) is 24.8 Å². The van der Waals surface area contributed by atoms with E-state index in [0.717, 1.165) is 10.1 Å². The van der Waals surface area contributed by atoms with Gasteiger partial charge in [0, 0.05) is 24.2 Å². The Bertz CT molecular complexity index is 951. The number of carbonyl (C=O) groups is 1. The molecule has 1 aromatic carbocycles. The van der Waals surface area contributed by atoms with E-state index in [-0.39, 0.29) is 24.0 Å². The van der Waals surface area contributed by atoms with E-state index in [2.05, 4.69) is 0 Å². The van der Waals surface area contributed by atoms with E-state index in [1.807, 2.05) is 0 Å². The standard InChI is InChI=1S/C17H20N4O5/c1-17(2,3)20-15(23)10-18(16(20)24)9-14(22)19-7-6-11-4-5-12(21(25)26)8-13(11)19/h4-5,8,10,23H,6-7,9H2,1-3H3. The lowest BCUT2D eigenvalue weighted by Gasteiger charge is -2.20. The summed E-state index contributed by atoms with van der Waals surface area (Å²) < 4.78 is 2.36. The number of hydrogen-bond acceptors (Lipinski definition) is 5. The van der Waals surface area contributed by atoms with Gasteiger partial charge in [0.15, 0.2) is 0 Å². The van der Waals surface area contributed by atoms with Crippen LogP contribution in [-0.2, 0) is 23.3 Å². The smallest absolute Gasteiger partial charge is 0.332 e. The maximum Gasteiger partial charge on any atom is 0.332 e. The number of aromatic nitrogens is 2. The van der Waals surface area contributed by atoms with E-state index < -0.39 is 16.2 Å². The number of non-ortho nitro benzene ring substituents is 1. The minimum atomic E-state index is -0.629. The second kappa shape index (κ2) is 6.01. The number of fused-ring (bicyclic) bond motifs is 1. The molecule has 1 N–H and O–H groups in total. The summed E-state index contributed by atoms with van der Waals surface area (Å²) in [7, 11) is 0. The molecule has 0 bridgehead atoms. The Morgan fingerprint density at radius 2 is 2.04 bits per heavy atom. The van der Waals surface area contributed by atoms with Crippen LogP contribution in [0.15, 0.2) is 29.2 Å². The first-order valence-electron chi connectivity index (χ1n) is 8.19. The number of nitro groups is 1. The third-order valence-corrected chi connectivity index (χ3v) is 4.39. The predicted molar refractivity (Wildman–Crippen MR) is 94.5 cm³/mol. The number of carbonyl (C=O) groups excluding carboxylic acids is 1. The number of aromatic hydroxyl groups is 1. The van der Waals surface area contributed by atoms with Crippen LogP contribution in [0.5, 0.6) is 5.88 Å². The lowest BCUT2D eigenvalue weighted by atomic mass is 10.1. The van der Waals surface area contributed by atoms with Gasteiger partial charge in [-0.15, -0.1) is 0 Å². The Balaban J connectivity index is 1.89. The lowest BCUT2D eigenvalue weighted by molar-refractivity contribution is -0.384. The minimum absolute atomic E-state index is 0.0860. The van der Waals surface area contributed by atoms with E-state index in [0.29, 0.717) is 18.7 Å². The maximum atomic E-state index is 12.7. The van der Waals surface area contributed by atoms with Gasteiger partial charge in [0.1, 0.15) is 6.54 Å². The van der Waals surface area contributed by atoms with Gasteiger partial charge >= 0.3 is 5.69 Å². The van der Waals surface area contributed by atoms with Crippen molar-refractivity contribution in [1.82, 2.24) is 9.13 Å². The summed E-state index contributed by atoms with van der Waals surface area (Å²) in [5, 5.41) is 21.0. The Morgan fingerprint density at radius 1 is 1.35 bits per heavy atom. The number of benzene rings is 1. The second-order valence-corrected chi connectivity index (χ2v) is 7.27. The molecule has 26 heavy (non-hydrogen) atoms. The molecule has 2 heterocycles. The van der Waals surface area contributed by atoms with Crippen molar-refractivity contribution in [2.45, 2.75) is 39.3 Å². The van der Waals surface area contributed by atoms with Crippen LogP contribution in [0.2, 0.25) is 0 Å². The largest absolute Gasteiger partial charge is 0.493 e. The number of anilines is 1. The van der Waals surface area contributed by atoms with Gasteiger partial charge in [-0.25, -0.2) is 4.79 Å². The Kier molecular flexibility index (Phi) is 4.09. The van der Waals surface area contributed by atoms with Crippen LogP contribution in [0.1, 0.15) is 26.3 Å². The molecule has 1 aromatic heterocycles. The number of imidazole rings is 1. The van der Waals surface area contributed by atoms with Crippen LogP contribution in [0, 0.1) is 10.1 Å². The van der Waals surface area contributed by atoms with Crippen molar-refractivity contribution in [3.63, 3.8) is 0 Å². The summed E-state index contributed by atoms with van der Waals surface area (Å²) in [6, 6.07) is 4.44. The van der Waals surface area contributed by atoms with Crippen molar-refractivity contribution in [2.75, 3.05) is 11.4 Å². The normalized spacial score (nSPS) is 13.7. The molecule has 1 aliphatic heterocycles. The summed E-state index contributed by atoms with van der Waals surface area (Å²) in [6.07, 6.45) is 1.83. The highest BCUT2D eigenvalue weighted by atomic mass is 16.6. The number of nitrogens with zero attached hydrogens (tertiary/aromatic N) is 4. The molecule has 0 saturated carbocycles. The average Bonchev–Trinajstić information content (AvgIpc) is 3.07. The van der Waals surface area contributed by atoms with Crippen LogP contribution in [0.3, 0.4) is 0 Å². The van der Waals surface area contributed by atoms with E-state index >= 15 is 0 Å². The van der Waals surface area contributed by atoms with Crippen LogP contribution in [0.25, 0.3) is 0 Å². The van der Waals surface area contributed by atoms with Gasteiger partial charge in [0.25, 0.3) is 5.69 Å². The highest BCUT2D eigenvalue weighted by Gasteiger charge is 2.28. The zero-order valence-electron chi connectivity index (χ0n) is 14.8. The predicted octanol–water partition coefficient (Wildman–Crippen LogP) is 1.61. The first-order valence-corrected chi connectivity index (χ1v) is 8.19. The van der Waals surface area contributed by atoms with E-state index in [1.54, 1.807) is 26.8 Å². The van der Waals surface area contributed by atoms with Crippen LogP contribution >= 0.6 is 0 Å². The van der Waals surface area contributed by atoms with Crippen molar-refractivity contribution >= 4 is 17.3 Å². The molecule has 9 nitrogen and oxygen atoms in total. The molecule has 0 unspecified atom stereocenters. The highest BCUT2D eigenvalue weighted by molar-refractivity contribution is 5.95. The van der Waals surface area contributed by atoms with Crippen molar-refractivity contribution in [3.8, 4) is 5.88 Å². The molecule has 0 radical (unpaired) electrons. The topological polar surface area (TPSA) is 111 Å². The van der Waals surface area contributed by atoms with Gasteiger partial charge in [-0.1, -0.05) is 6.07 Å². The van der Waals surface area contributed by atoms with Crippen molar-refractivity contribution in [1.29, 1.82) is 0 Å². The number of amides is 1. The fourth-order valence-corrected chi connectivity index (χ4v) is 3.19.